The van der Waals surface area contributed by atoms with Gasteiger partial charge in [-0.25, -0.2) is 0 Å². The van der Waals surface area contributed by atoms with Crippen LogP contribution in [0.1, 0.15) is 66.2 Å². The summed E-state index contributed by atoms with van der Waals surface area (Å²) in [7, 11) is 0. The van der Waals surface area contributed by atoms with Crippen molar-refractivity contribution < 1.29 is 0 Å². The summed E-state index contributed by atoms with van der Waals surface area (Å²) in [4.78, 5) is 0. The predicted molar refractivity (Wildman–Crippen MR) is 75.7 cm³/mol. The van der Waals surface area contributed by atoms with Crippen molar-refractivity contribution in [2.24, 2.45) is 11.8 Å². The summed E-state index contributed by atoms with van der Waals surface area (Å²) in [5, 5.41) is 0. The topological polar surface area (TPSA) is 0 Å². The monoisotopic (exact) mass is 222 g/mol. The van der Waals surface area contributed by atoms with E-state index in [-0.39, 0.29) is 0 Å². The zero-order chi connectivity index (χ0) is 12.2. The molecule has 0 bridgehead atoms. The summed E-state index contributed by atoms with van der Waals surface area (Å²) < 4.78 is 0. The Hall–Kier alpha value is -0.520. The zero-order valence-corrected chi connectivity index (χ0v) is 11.7. The SMILES string of the molecule is CCCCCC=CC(C)CCC=CC(C)C. The lowest BCUT2D eigenvalue weighted by atomic mass is 10.0. The fourth-order valence-corrected chi connectivity index (χ4v) is 1.66. The van der Waals surface area contributed by atoms with Gasteiger partial charge in [0.2, 0.25) is 0 Å². The quantitative estimate of drug-likeness (QED) is 0.344. The standard InChI is InChI=1S/C16H30/c1-5-6-7-8-9-13-16(4)14-11-10-12-15(2)3/h9-10,12-13,15-16H,5-8,11,14H2,1-4H3. The van der Waals surface area contributed by atoms with Crippen LogP contribution in [0.25, 0.3) is 0 Å². The minimum absolute atomic E-state index is 0.694. The van der Waals surface area contributed by atoms with Gasteiger partial charge in [-0.05, 0) is 37.5 Å². The Bertz CT molecular complexity index is 186. The van der Waals surface area contributed by atoms with E-state index in [1.165, 1.54) is 38.5 Å². The summed E-state index contributed by atoms with van der Waals surface area (Å²) in [5.74, 6) is 1.43. The second-order valence-electron chi connectivity index (χ2n) is 5.15. The third kappa shape index (κ3) is 11.6. The first-order valence-corrected chi connectivity index (χ1v) is 7.00. The Balaban J connectivity index is 3.46. The van der Waals surface area contributed by atoms with Crippen LogP contribution in [-0.4, -0.2) is 0 Å². The molecule has 0 aliphatic rings. The molecule has 0 saturated heterocycles. The van der Waals surface area contributed by atoms with Crippen molar-refractivity contribution in [1.29, 1.82) is 0 Å². The van der Waals surface area contributed by atoms with E-state index in [1.54, 1.807) is 0 Å². The number of unbranched alkanes of at least 4 members (excludes halogenated alkanes) is 3. The van der Waals surface area contributed by atoms with Crippen LogP contribution in [-0.2, 0) is 0 Å². The van der Waals surface area contributed by atoms with Crippen molar-refractivity contribution in [3.63, 3.8) is 0 Å². The first-order valence-electron chi connectivity index (χ1n) is 7.00. The Morgan fingerprint density at radius 1 is 0.875 bits per heavy atom. The molecule has 0 N–H and O–H groups in total. The van der Waals surface area contributed by atoms with E-state index in [0.717, 1.165) is 5.92 Å². The third-order valence-electron chi connectivity index (χ3n) is 2.75. The molecule has 0 rings (SSSR count). The van der Waals surface area contributed by atoms with Gasteiger partial charge in [-0.15, -0.1) is 0 Å². The van der Waals surface area contributed by atoms with Gasteiger partial charge in [0.1, 0.15) is 0 Å². The Kier molecular flexibility index (Phi) is 10.6. The molecule has 0 aliphatic heterocycles. The van der Waals surface area contributed by atoms with Gasteiger partial charge in [0.15, 0.2) is 0 Å². The summed E-state index contributed by atoms with van der Waals surface area (Å²) in [6, 6.07) is 0. The molecule has 0 spiro atoms. The highest BCUT2D eigenvalue weighted by molar-refractivity contribution is 4.89. The van der Waals surface area contributed by atoms with E-state index in [4.69, 9.17) is 0 Å². The highest BCUT2D eigenvalue weighted by Crippen LogP contribution is 2.10. The summed E-state index contributed by atoms with van der Waals surface area (Å²) in [6.45, 7) is 9.04. The molecule has 0 fully saturated rings. The highest BCUT2D eigenvalue weighted by atomic mass is 14.0. The number of allylic oxidation sites excluding steroid dienone is 4. The van der Waals surface area contributed by atoms with Crippen LogP contribution in [0.15, 0.2) is 24.3 Å². The normalized spacial score (nSPS) is 14.3. The first kappa shape index (κ1) is 15.5. The summed E-state index contributed by atoms with van der Waals surface area (Å²) in [5.41, 5.74) is 0. The molecule has 0 saturated carbocycles. The second-order valence-corrected chi connectivity index (χ2v) is 5.15. The third-order valence-corrected chi connectivity index (χ3v) is 2.75. The van der Waals surface area contributed by atoms with E-state index >= 15 is 0 Å². The van der Waals surface area contributed by atoms with Gasteiger partial charge in [0, 0.05) is 0 Å². The highest BCUT2D eigenvalue weighted by Gasteiger charge is 1.94. The van der Waals surface area contributed by atoms with Crippen molar-refractivity contribution in [2.45, 2.75) is 66.2 Å². The molecule has 0 aromatic rings. The first-order chi connectivity index (χ1) is 7.66. The zero-order valence-electron chi connectivity index (χ0n) is 11.7. The van der Waals surface area contributed by atoms with Crippen LogP contribution in [0.2, 0.25) is 0 Å². The van der Waals surface area contributed by atoms with Crippen molar-refractivity contribution >= 4 is 0 Å². The fraction of sp³-hybridized carbons (Fsp3) is 0.750. The minimum Gasteiger partial charge on any atom is -0.0883 e. The molecule has 0 heteroatoms. The minimum atomic E-state index is 0.694. The van der Waals surface area contributed by atoms with Crippen molar-refractivity contribution in [3.8, 4) is 0 Å². The fourth-order valence-electron chi connectivity index (χ4n) is 1.66. The van der Waals surface area contributed by atoms with Crippen LogP contribution in [0.4, 0.5) is 0 Å². The molecule has 94 valence electrons. The van der Waals surface area contributed by atoms with Crippen LogP contribution in [0.5, 0.6) is 0 Å². The molecular weight excluding hydrogens is 192 g/mol. The summed E-state index contributed by atoms with van der Waals surface area (Å²) in [6.07, 6.45) is 17.2. The molecule has 1 atom stereocenters. The van der Waals surface area contributed by atoms with Gasteiger partial charge in [0.05, 0.1) is 0 Å². The van der Waals surface area contributed by atoms with Crippen LogP contribution in [0, 0.1) is 11.8 Å². The molecule has 0 nitrogen and oxygen atoms in total. The lowest BCUT2D eigenvalue weighted by molar-refractivity contribution is 0.649. The van der Waals surface area contributed by atoms with Crippen molar-refractivity contribution in [1.82, 2.24) is 0 Å². The van der Waals surface area contributed by atoms with Gasteiger partial charge >= 0.3 is 0 Å². The summed E-state index contributed by atoms with van der Waals surface area (Å²) >= 11 is 0. The lowest BCUT2D eigenvalue weighted by Crippen LogP contribution is -1.88. The molecular formula is C16H30. The molecule has 0 radical (unpaired) electrons. The molecule has 0 aromatic heterocycles. The van der Waals surface area contributed by atoms with Crippen LogP contribution < -0.4 is 0 Å². The van der Waals surface area contributed by atoms with Crippen LogP contribution in [0.3, 0.4) is 0 Å². The van der Waals surface area contributed by atoms with E-state index < -0.39 is 0 Å². The van der Waals surface area contributed by atoms with E-state index in [0.29, 0.717) is 5.92 Å². The Morgan fingerprint density at radius 2 is 1.56 bits per heavy atom. The maximum Gasteiger partial charge on any atom is -0.0259 e. The Morgan fingerprint density at radius 3 is 2.19 bits per heavy atom. The van der Waals surface area contributed by atoms with Crippen molar-refractivity contribution in [2.75, 3.05) is 0 Å². The van der Waals surface area contributed by atoms with Crippen LogP contribution >= 0.6 is 0 Å². The molecule has 0 heterocycles. The molecule has 1 unspecified atom stereocenters. The molecule has 0 aliphatic carbocycles. The van der Waals surface area contributed by atoms with Gasteiger partial charge in [0.25, 0.3) is 0 Å². The molecule has 16 heavy (non-hydrogen) atoms. The molecule has 0 aromatic carbocycles. The lowest BCUT2D eigenvalue weighted by Gasteiger charge is -2.03. The Labute approximate surface area is 103 Å². The molecule has 0 amide bonds. The van der Waals surface area contributed by atoms with Gasteiger partial charge in [-0.1, -0.05) is 64.8 Å². The number of rotatable bonds is 9. The average molecular weight is 222 g/mol. The van der Waals surface area contributed by atoms with Crippen molar-refractivity contribution in [3.05, 3.63) is 24.3 Å². The van der Waals surface area contributed by atoms with E-state index in [1.807, 2.05) is 0 Å². The maximum absolute atomic E-state index is 2.39. The predicted octanol–water partition coefficient (Wildman–Crippen LogP) is 5.75. The number of hydrogen-bond donors (Lipinski definition) is 0. The smallest absolute Gasteiger partial charge is 0.0259 e. The largest absolute Gasteiger partial charge is 0.0883 e. The second kappa shape index (κ2) is 11.0. The number of hydrogen-bond acceptors (Lipinski definition) is 0. The maximum atomic E-state index is 2.39. The average Bonchev–Trinajstić information content (AvgIpc) is 2.24. The van der Waals surface area contributed by atoms with Gasteiger partial charge in [-0.2, -0.15) is 0 Å². The van der Waals surface area contributed by atoms with Gasteiger partial charge < -0.3 is 0 Å². The van der Waals surface area contributed by atoms with Gasteiger partial charge in [-0.3, -0.25) is 0 Å². The van der Waals surface area contributed by atoms with E-state index in [9.17, 15) is 0 Å². The van der Waals surface area contributed by atoms with E-state index in [2.05, 4.69) is 52.0 Å².